The number of nitrogens with one attached hydrogen (secondary N) is 1. The second-order valence-corrected chi connectivity index (χ2v) is 4.17. The van der Waals surface area contributed by atoms with Crippen LogP contribution in [0.15, 0.2) is 42.7 Å². The van der Waals surface area contributed by atoms with E-state index in [9.17, 15) is 13.9 Å². The molecule has 1 unspecified atom stereocenters. The average molecular weight is 283 g/mol. The maximum atomic E-state index is 12.0. The number of alkyl halides is 2. The Morgan fingerprint density at radius 1 is 1.30 bits per heavy atom. The first kappa shape index (κ1) is 14.3. The fourth-order valence-electron chi connectivity index (χ4n) is 1.68. The van der Waals surface area contributed by atoms with Crippen molar-refractivity contribution in [2.75, 3.05) is 11.9 Å². The highest BCUT2D eigenvalue weighted by Gasteiger charge is 2.06. The van der Waals surface area contributed by atoms with Crippen molar-refractivity contribution < 1.29 is 18.6 Å². The predicted octanol–water partition coefficient (Wildman–Crippen LogP) is 1.96. The molecule has 0 radical (unpaired) electrons. The second kappa shape index (κ2) is 6.85. The lowest BCUT2D eigenvalue weighted by molar-refractivity contribution is -0.0498. The van der Waals surface area contributed by atoms with Crippen molar-refractivity contribution in [1.82, 2.24) is 9.78 Å². The molecule has 0 aliphatic rings. The van der Waals surface area contributed by atoms with Gasteiger partial charge in [0.2, 0.25) is 0 Å². The van der Waals surface area contributed by atoms with Gasteiger partial charge in [-0.2, -0.15) is 13.9 Å². The monoisotopic (exact) mass is 283 g/mol. The van der Waals surface area contributed by atoms with Gasteiger partial charge in [-0.05, 0) is 30.3 Å². The number of aliphatic hydroxyl groups excluding tert-OH is 1. The molecule has 0 spiro atoms. The quantitative estimate of drug-likeness (QED) is 0.815. The molecule has 0 bridgehead atoms. The largest absolute Gasteiger partial charge is 0.435 e. The van der Waals surface area contributed by atoms with Crippen LogP contribution in [-0.2, 0) is 6.54 Å². The number of hydrogen-bond donors (Lipinski definition) is 2. The highest BCUT2D eigenvalue weighted by atomic mass is 19.3. The van der Waals surface area contributed by atoms with Crippen molar-refractivity contribution in [3.05, 3.63) is 42.7 Å². The molecule has 108 valence electrons. The molecule has 0 saturated carbocycles. The molecule has 0 aliphatic heterocycles. The summed E-state index contributed by atoms with van der Waals surface area (Å²) < 4.78 is 29.8. The smallest absolute Gasteiger partial charge is 0.387 e. The number of hydrogen-bond acceptors (Lipinski definition) is 4. The zero-order chi connectivity index (χ0) is 14.4. The van der Waals surface area contributed by atoms with E-state index < -0.39 is 12.7 Å². The van der Waals surface area contributed by atoms with Gasteiger partial charge in [-0.15, -0.1) is 0 Å². The fraction of sp³-hybridized carbons (Fsp3) is 0.308. The molecule has 2 rings (SSSR count). The van der Waals surface area contributed by atoms with Gasteiger partial charge in [0.15, 0.2) is 0 Å². The van der Waals surface area contributed by atoms with E-state index in [1.807, 2.05) is 0 Å². The van der Waals surface area contributed by atoms with Gasteiger partial charge in [0.05, 0.1) is 12.6 Å². The molecule has 0 amide bonds. The van der Waals surface area contributed by atoms with Crippen molar-refractivity contribution in [3.63, 3.8) is 0 Å². The van der Waals surface area contributed by atoms with E-state index >= 15 is 0 Å². The van der Waals surface area contributed by atoms with Crippen LogP contribution in [0, 0.1) is 0 Å². The maximum absolute atomic E-state index is 12.0. The van der Waals surface area contributed by atoms with E-state index in [1.165, 1.54) is 12.1 Å². The molecule has 1 aromatic heterocycles. The Balaban J connectivity index is 1.78. The highest BCUT2D eigenvalue weighted by Crippen LogP contribution is 2.17. The third kappa shape index (κ3) is 4.51. The first-order valence-electron chi connectivity index (χ1n) is 6.08. The van der Waals surface area contributed by atoms with Gasteiger partial charge in [-0.1, -0.05) is 0 Å². The topological polar surface area (TPSA) is 59.3 Å². The van der Waals surface area contributed by atoms with Crippen LogP contribution >= 0.6 is 0 Å². The van der Waals surface area contributed by atoms with Crippen LogP contribution in [-0.4, -0.2) is 34.1 Å². The van der Waals surface area contributed by atoms with Gasteiger partial charge in [-0.25, -0.2) is 0 Å². The summed E-state index contributed by atoms with van der Waals surface area (Å²) in [4.78, 5) is 0. The summed E-state index contributed by atoms with van der Waals surface area (Å²) in [5.41, 5.74) is 0.714. The Bertz CT molecular complexity index is 503. The Morgan fingerprint density at radius 3 is 2.65 bits per heavy atom. The van der Waals surface area contributed by atoms with Crippen molar-refractivity contribution in [2.24, 2.45) is 0 Å². The number of anilines is 1. The summed E-state index contributed by atoms with van der Waals surface area (Å²) in [5.74, 6) is 0.0997. The molecule has 2 N–H and O–H groups in total. The number of aromatic nitrogens is 2. The van der Waals surface area contributed by atoms with Gasteiger partial charge < -0.3 is 15.2 Å². The van der Waals surface area contributed by atoms with Crippen molar-refractivity contribution in [3.8, 4) is 5.75 Å². The van der Waals surface area contributed by atoms with Crippen LogP contribution in [0.2, 0.25) is 0 Å². The average Bonchev–Trinajstić information content (AvgIpc) is 2.90. The molecule has 5 nitrogen and oxygen atoms in total. The normalized spacial score (nSPS) is 12.4. The number of halogens is 2. The van der Waals surface area contributed by atoms with Crippen LogP contribution in [0.25, 0.3) is 0 Å². The standard InChI is InChI=1S/C13H15F2N3O2/c14-13(15)20-12-4-2-10(3-5-12)16-8-11(19)9-18-7-1-6-17-18/h1-7,11,13,16,19H,8-9H2. The SMILES string of the molecule is OC(CNc1ccc(OC(F)F)cc1)Cn1cccn1. The molecule has 0 fully saturated rings. The van der Waals surface area contributed by atoms with Gasteiger partial charge in [-0.3, -0.25) is 4.68 Å². The summed E-state index contributed by atoms with van der Waals surface area (Å²) >= 11 is 0. The molecule has 1 aromatic carbocycles. The summed E-state index contributed by atoms with van der Waals surface area (Å²) in [6.45, 7) is -2.12. The number of rotatable bonds is 7. The molecular formula is C13H15F2N3O2. The van der Waals surface area contributed by atoms with Crippen LogP contribution < -0.4 is 10.1 Å². The fourth-order valence-corrected chi connectivity index (χ4v) is 1.68. The van der Waals surface area contributed by atoms with Crippen molar-refractivity contribution in [1.29, 1.82) is 0 Å². The Hall–Kier alpha value is -2.15. The van der Waals surface area contributed by atoms with Crippen molar-refractivity contribution in [2.45, 2.75) is 19.3 Å². The Labute approximate surface area is 114 Å². The lowest BCUT2D eigenvalue weighted by Gasteiger charge is -2.13. The first-order valence-corrected chi connectivity index (χ1v) is 6.08. The Kier molecular flexibility index (Phi) is 4.89. The summed E-state index contributed by atoms with van der Waals surface area (Å²) in [7, 11) is 0. The first-order chi connectivity index (χ1) is 9.63. The minimum atomic E-state index is -2.83. The number of aliphatic hydroxyl groups is 1. The van der Waals surface area contributed by atoms with E-state index in [0.717, 1.165) is 0 Å². The Morgan fingerprint density at radius 2 is 2.05 bits per heavy atom. The maximum Gasteiger partial charge on any atom is 0.387 e. The summed E-state index contributed by atoms with van der Waals surface area (Å²) in [6.07, 6.45) is 2.80. The molecule has 1 heterocycles. The highest BCUT2D eigenvalue weighted by molar-refractivity contribution is 5.46. The minimum absolute atomic E-state index is 0.0997. The molecule has 2 aromatic rings. The van der Waals surface area contributed by atoms with E-state index in [4.69, 9.17) is 0 Å². The molecule has 0 saturated heterocycles. The van der Waals surface area contributed by atoms with E-state index in [0.29, 0.717) is 18.8 Å². The predicted molar refractivity (Wildman–Crippen MR) is 69.8 cm³/mol. The van der Waals surface area contributed by atoms with Gasteiger partial charge in [0, 0.05) is 24.6 Å². The molecular weight excluding hydrogens is 268 g/mol. The number of ether oxygens (including phenoxy) is 1. The third-order valence-corrected chi connectivity index (χ3v) is 2.58. The third-order valence-electron chi connectivity index (χ3n) is 2.58. The lowest BCUT2D eigenvalue weighted by Crippen LogP contribution is -2.25. The van der Waals surface area contributed by atoms with Crippen LogP contribution in [0.5, 0.6) is 5.75 Å². The molecule has 7 heteroatoms. The molecule has 0 aliphatic carbocycles. The zero-order valence-corrected chi connectivity index (χ0v) is 10.6. The van der Waals surface area contributed by atoms with Gasteiger partial charge in [0.25, 0.3) is 0 Å². The minimum Gasteiger partial charge on any atom is -0.435 e. The zero-order valence-electron chi connectivity index (χ0n) is 10.6. The van der Waals surface area contributed by atoms with Crippen LogP contribution in [0.1, 0.15) is 0 Å². The molecule has 20 heavy (non-hydrogen) atoms. The summed E-state index contributed by atoms with van der Waals surface area (Å²) in [5, 5.41) is 16.8. The van der Waals surface area contributed by atoms with Gasteiger partial charge in [0.1, 0.15) is 5.75 Å². The second-order valence-electron chi connectivity index (χ2n) is 4.17. The lowest BCUT2D eigenvalue weighted by atomic mass is 10.3. The number of benzene rings is 1. The van der Waals surface area contributed by atoms with Crippen LogP contribution in [0.4, 0.5) is 14.5 Å². The van der Waals surface area contributed by atoms with Gasteiger partial charge >= 0.3 is 6.61 Å². The number of nitrogens with zero attached hydrogens (tertiary/aromatic N) is 2. The molecule has 1 atom stereocenters. The van der Waals surface area contributed by atoms with E-state index in [-0.39, 0.29) is 5.75 Å². The van der Waals surface area contributed by atoms with E-state index in [2.05, 4.69) is 15.2 Å². The van der Waals surface area contributed by atoms with Crippen molar-refractivity contribution >= 4 is 5.69 Å². The van der Waals surface area contributed by atoms with Crippen LogP contribution in [0.3, 0.4) is 0 Å². The summed E-state index contributed by atoms with van der Waals surface area (Å²) in [6, 6.07) is 7.88. The van der Waals surface area contributed by atoms with E-state index in [1.54, 1.807) is 35.3 Å².